The predicted molar refractivity (Wildman–Crippen MR) is 400 cm³/mol. The van der Waals surface area contributed by atoms with Crippen LogP contribution in [0.5, 0.6) is 0 Å². The molecule has 93 heavy (non-hydrogen) atoms. The van der Waals surface area contributed by atoms with Gasteiger partial charge in [0.1, 0.15) is 25.5 Å². The van der Waals surface area contributed by atoms with Gasteiger partial charge in [0.15, 0.2) is 5.58 Å². The van der Waals surface area contributed by atoms with Crippen molar-refractivity contribution >= 4 is 97.2 Å². The summed E-state index contributed by atoms with van der Waals surface area (Å²) in [5.74, 6) is 0. The monoisotopic (exact) mass is 1230 g/mol. The molecule has 1 aliphatic carbocycles. The second kappa shape index (κ2) is 23.4. The van der Waals surface area contributed by atoms with Crippen LogP contribution in [0.1, 0.15) is 154 Å². The number of fused-ring (bicyclic) bond motifs is 11. The van der Waals surface area contributed by atoms with Crippen molar-refractivity contribution in [1.82, 2.24) is 0 Å². The van der Waals surface area contributed by atoms with Crippen molar-refractivity contribution in [3.63, 3.8) is 0 Å². The average Bonchev–Trinajstić information content (AvgIpc) is 1.51. The molecular formula is C88H88N2O2Si. The fourth-order valence-corrected chi connectivity index (χ4v) is 18.0. The third-order valence-electron chi connectivity index (χ3n) is 20.0. The lowest BCUT2D eigenvalue weighted by molar-refractivity contribution is 0.589. The van der Waals surface area contributed by atoms with Gasteiger partial charge in [0.05, 0.1) is 22.2 Å². The number of hydrogen-bond acceptors (Lipinski definition) is 4. The molecule has 466 valence electrons. The van der Waals surface area contributed by atoms with Crippen LogP contribution in [0, 0.1) is 0 Å². The average molecular weight is 1230 g/mol. The summed E-state index contributed by atoms with van der Waals surface area (Å²) >= 11 is 0. The molecule has 0 spiro atoms. The molecule has 5 heteroatoms. The number of rotatable bonds is 14. The largest absolute Gasteiger partial charge is 0.455 e. The lowest BCUT2D eigenvalue weighted by Gasteiger charge is -2.36. The molecule has 0 aliphatic heterocycles. The summed E-state index contributed by atoms with van der Waals surface area (Å²) in [6.45, 7) is 30.0. The zero-order chi connectivity index (χ0) is 64.8. The first-order valence-electron chi connectivity index (χ1n) is 33.8. The highest BCUT2D eigenvalue weighted by atomic mass is 28.3. The van der Waals surface area contributed by atoms with Crippen molar-refractivity contribution in [3.05, 3.63) is 287 Å². The van der Waals surface area contributed by atoms with Gasteiger partial charge in [-0.3, -0.25) is 0 Å². The van der Waals surface area contributed by atoms with Crippen LogP contribution >= 0.6 is 0 Å². The lowest BCUT2D eigenvalue weighted by Crippen LogP contribution is -2.42. The van der Waals surface area contributed by atoms with E-state index >= 15 is 0 Å². The van der Waals surface area contributed by atoms with Crippen LogP contribution in [-0.2, 0) is 27.1 Å². The van der Waals surface area contributed by atoms with Crippen LogP contribution in [0.15, 0.2) is 251 Å². The van der Waals surface area contributed by atoms with Crippen molar-refractivity contribution < 1.29 is 8.83 Å². The van der Waals surface area contributed by atoms with E-state index in [1.807, 2.05) is 0 Å². The molecule has 13 aromatic rings. The van der Waals surface area contributed by atoms with Crippen molar-refractivity contribution in [3.8, 4) is 11.1 Å². The molecule has 2 heterocycles. The molecule has 4 nitrogen and oxygen atoms in total. The van der Waals surface area contributed by atoms with Crippen molar-refractivity contribution in [1.29, 1.82) is 0 Å². The van der Waals surface area contributed by atoms with Crippen LogP contribution in [0.25, 0.3) is 55.0 Å². The van der Waals surface area contributed by atoms with E-state index in [1.54, 1.807) is 0 Å². The van der Waals surface area contributed by atoms with Gasteiger partial charge in [0, 0.05) is 50.0 Å². The summed E-state index contributed by atoms with van der Waals surface area (Å²) in [6, 6.07) is 93.5. The van der Waals surface area contributed by atoms with E-state index in [4.69, 9.17) is 8.83 Å². The van der Waals surface area contributed by atoms with Crippen LogP contribution in [0.4, 0.5) is 34.1 Å². The van der Waals surface area contributed by atoms with E-state index in [1.165, 1.54) is 74.6 Å². The first kappa shape index (κ1) is 61.3. The smallest absolute Gasteiger partial charge is 0.160 e. The zero-order valence-corrected chi connectivity index (χ0v) is 57.9. The van der Waals surface area contributed by atoms with Crippen LogP contribution in [-0.4, -0.2) is 8.80 Å². The van der Waals surface area contributed by atoms with Crippen molar-refractivity contribution in [2.45, 2.75) is 142 Å². The number of anilines is 6. The Morgan fingerprint density at radius 3 is 1.19 bits per heavy atom. The highest BCUT2D eigenvalue weighted by molar-refractivity contribution is 6.85. The van der Waals surface area contributed by atoms with E-state index < -0.39 is 14.2 Å². The maximum atomic E-state index is 7.71. The Hall–Kier alpha value is -9.16. The number of unbranched alkanes of at least 4 members (excludes halogenated alkanes) is 2. The fraction of sp³-hybridized carbons (Fsp3) is 0.250. The minimum atomic E-state index is -1.73. The molecule has 0 fully saturated rings. The molecule has 0 saturated heterocycles. The van der Waals surface area contributed by atoms with E-state index in [2.05, 4.69) is 342 Å². The van der Waals surface area contributed by atoms with Gasteiger partial charge >= 0.3 is 0 Å². The number of furan rings is 2. The van der Waals surface area contributed by atoms with E-state index in [9.17, 15) is 0 Å². The molecule has 0 N–H and O–H groups in total. The van der Waals surface area contributed by atoms with Gasteiger partial charge in [-0.15, -0.1) is 0 Å². The minimum Gasteiger partial charge on any atom is -0.455 e. The fourth-order valence-electron chi connectivity index (χ4n) is 14.9. The molecule has 0 bridgehead atoms. The second-order valence-electron chi connectivity index (χ2n) is 30.3. The Kier molecular flexibility index (Phi) is 15.5. The Bertz CT molecular complexity index is 4860. The molecule has 0 radical (unpaired) electrons. The first-order valence-corrected chi connectivity index (χ1v) is 35.8. The molecule has 0 saturated carbocycles. The number of nitrogens with zero attached hydrogens (tertiary/aromatic N) is 2. The highest BCUT2D eigenvalue weighted by Gasteiger charge is 2.51. The molecule has 2 aromatic heterocycles. The lowest BCUT2D eigenvalue weighted by atomic mass is 9.67. The highest BCUT2D eigenvalue weighted by Crippen LogP contribution is 2.65. The standard InChI is InChI=1S/C88H88N2O2Si/c1-14-15-26-55-93(68-51-43-61(44-52-68)87(11,12)13)69-53-45-63(46-54-69)88(62-37-35-58(36-38-62)84(2,3)4)72-57-75(90(65-29-20-17-21-30-65)67-49-41-60(42-50-67)86(8,9)10)82-79(71-32-23-25-34-77(71)91-82)80(72)81-73(88)56-74(78-70-31-22-24-33-76(70)92-83(78)81)89(64-27-18-16-19-28-64)66-47-39-59(40-48-66)85(5,6)7/h16-25,27-54,56-57,93H,14-15,26,55H2,1-13H3. The van der Waals surface area contributed by atoms with Gasteiger partial charge in [0.2, 0.25) is 0 Å². The SMILES string of the molecule is CCCCC[SiH](c1ccc(C(C)(C)C)cc1)c1ccc(C2(c3ccc(C(C)(C)C)cc3)c3cc(N(c4ccccc4)c4ccc(C(C)(C)C)cc4)c4c(oc5ccccc54)c3-c3c2cc(N(c2ccccc2)c2ccc(C(C)(C)C)cc2)c2oc4ccccc4c32)cc1. The molecular weight excluding hydrogens is 1150 g/mol. The summed E-state index contributed by atoms with van der Waals surface area (Å²) in [4.78, 5) is 4.93. The normalized spacial score (nSPS) is 14.7. The number of benzene rings is 11. The zero-order valence-electron chi connectivity index (χ0n) is 56.7. The Balaban J connectivity index is 1.16. The summed E-state index contributed by atoms with van der Waals surface area (Å²) < 4.78 is 15.2. The Morgan fingerprint density at radius 2 is 0.720 bits per heavy atom. The molecule has 2 atom stereocenters. The maximum Gasteiger partial charge on any atom is 0.160 e. The number of hydrogen-bond donors (Lipinski definition) is 0. The van der Waals surface area contributed by atoms with E-state index in [-0.39, 0.29) is 21.7 Å². The van der Waals surface area contributed by atoms with Gasteiger partial charge in [-0.25, -0.2) is 0 Å². The summed E-state index contributed by atoms with van der Waals surface area (Å²) in [5, 5.41) is 7.19. The van der Waals surface area contributed by atoms with Crippen LogP contribution < -0.4 is 20.2 Å². The van der Waals surface area contributed by atoms with Gasteiger partial charge in [0.25, 0.3) is 0 Å². The predicted octanol–water partition coefficient (Wildman–Crippen LogP) is 23.5. The van der Waals surface area contributed by atoms with Gasteiger partial charge in [-0.1, -0.05) is 296 Å². The minimum absolute atomic E-state index is 0.0382. The van der Waals surface area contributed by atoms with Crippen LogP contribution in [0.2, 0.25) is 6.04 Å². The molecule has 14 rings (SSSR count). The maximum absolute atomic E-state index is 7.71. The van der Waals surface area contributed by atoms with E-state index in [0.717, 1.165) is 94.7 Å². The van der Waals surface area contributed by atoms with Crippen LogP contribution in [0.3, 0.4) is 0 Å². The summed E-state index contributed by atoms with van der Waals surface area (Å²) in [5.41, 5.74) is 20.6. The Labute approximate surface area is 553 Å². The molecule has 1 aliphatic rings. The topological polar surface area (TPSA) is 32.8 Å². The molecule has 11 aromatic carbocycles. The second-order valence-corrected chi connectivity index (χ2v) is 33.3. The quantitative estimate of drug-likeness (QED) is 0.0802. The Morgan fingerprint density at radius 1 is 0.355 bits per heavy atom. The molecule has 2 unspecified atom stereocenters. The summed E-state index contributed by atoms with van der Waals surface area (Å²) in [7, 11) is -1.73. The van der Waals surface area contributed by atoms with Crippen molar-refractivity contribution in [2.24, 2.45) is 0 Å². The van der Waals surface area contributed by atoms with Gasteiger partial charge in [-0.05, 0) is 139 Å². The third-order valence-corrected chi connectivity index (χ3v) is 23.4. The number of para-hydroxylation sites is 4. The van der Waals surface area contributed by atoms with E-state index in [0.29, 0.717) is 0 Å². The third kappa shape index (κ3) is 10.8. The molecule has 0 amide bonds. The van der Waals surface area contributed by atoms with Crippen molar-refractivity contribution in [2.75, 3.05) is 9.80 Å². The van der Waals surface area contributed by atoms with Gasteiger partial charge < -0.3 is 18.6 Å². The summed E-state index contributed by atoms with van der Waals surface area (Å²) in [6.07, 6.45) is 3.62. The first-order chi connectivity index (χ1) is 44.6. The van der Waals surface area contributed by atoms with Gasteiger partial charge in [-0.2, -0.15) is 0 Å².